The molecule has 9 N–H and O–H groups in total. The van der Waals surface area contributed by atoms with Crippen LogP contribution in [0.2, 0.25) is 0 Å². The molecular formula is C79H141NO13. The molecule has 2 heterocycles. The molecule has 2 fully saturated rings. The minimum atomic E-state index is -1.78. The van der Waals surface area contributed by atoms with Crippen LogP contribution < -0.4 is 5.32 Å². The molecule has 14 heteroatoms. The molecule has 0 spiro atoms. The normalized spacial score (nSPS) is 23.0. The van der Waals surface area contributed by atoms with Crippen LogP contribution in [0.15, 0.2) is 85.1 Å². The molecule has 0 radical (unpaired) electrons. The maximum Gasteiger partial charge on any atom is 0.220 e. The van der Waals surface area contributed by atoms with Crippen molar-refractivity contribution >= 4 is 5.91 Å². The Morgan fingerprint density at radius 2 is 0.742 bits per heavy atom. The zero-order valence-corrected chi connectivity index (χ0v) is 59.0. The van der Waals surface area contributed by atoms with Crippen molar-refractivity contribution in [2.45, 2.75) is 389 Å². The van der Waals surface area contributed by atoms with Gasteiger partial charge in [-0.1, -0.05) is 324 Å². The summed E-state index contributed by atoms with van der Waals surface area (Å²) >= 11 is 0. The number of ether oxygens (including phenoxy) is 4. The van der Waals surface area contributed by atoms with E-state index in [2.05, 4.69) is 104 Å². The lowest BCUT2D eigenvalue weighted by Gasteiger charge is -2.46. The second-order valence-electron chi connectivity index (χ2n) is 26.8. The van der Waals surface area contributed by atoms with E-state index in [0.717, 1.165) is 96.3 Å². The van der Waals surface area contributed by atoms with E-state index in [1.807, 2.05) is 0 Å². The van der Waals surface area contributed by atoms with Crippen LogP contribution >= 0.6 is 0 Å². The van der Waals surface area contributed by atoms with Crippen LogP contribution in [0.3, 0.4) is 0 Å². The Hall–Kier alpha value is -2.83. The van der Waals surface area contributed by atoms with Crippen molar-refractivity contribution in [1.82, 2.24) is 5.32 Å². The fourth-order valence-corrected chi connectivity index (χ4v) is 12.3. The number of carbonyl (C=O) groups is 1. The first-order valence-corrected chi connectivity index (χ1v) is 38.3. The van der Waals surface area contributed by atoms with Gasteiger partial charge in [-0.15, -0.1) is 0 Å². The van der Waals surface area contributed by atoms with Gasteiger partial charge in [0, 0.05) is 6.42 Å². The molecule has 12 unspecified atom stereocenters. The van der Waals surface area contributed by atoms with Crippen LogP contribution in [0.4, 0.5) is 0 Å². The fraction of sp³-hybridized carbons (Fsp3) is 0.810. The van der Waals surface area contributed by atoms with Crippen molar-refractivity contribution < 1.29 is 64.6 Å². The van der Waals surface area contributed by atoms with Gasteiger partial charge in [0.05, 0.1) is 32.0 Å². The van der Waals surface area contributed by atoms with E-state index in [1.165, 1.54) is 193 Å². The lowest BCUT2D eigenvalue weighted by molar-refractivity contribution is -0.359. The van der Waals surface area contributed by atoms with Gasteiger partial charge in [0.25, 0.3) is 0 Å². The number of hydrogen-bond donors (Lipinski definition) is 9. The molecule has 12 atom stereocenters. The number of aliphatic hydroxyl groups is 8. The molecule has 93 heavy (non-hydrogen) atoms. The predicted molar refractivity (Wildman–Crippen MR) is 383 cm³/mol. The molecule has 0 aliphatic carbocycles. The molecule has 0 bridgehead atoms. The van der Waals surface area contributed by atoms with Gasteiger partial charge in [0.15, 0.2) is 12.6 Å². The highest BCUT2D eigenvalue weighted by atomic mass is 16.7. The quantitative estimate of drug-likeness (QED) is 0.0204. The third-order valence-corrected chi connectivity index (χ3v) is 18.4. The van der Waals surface area contributed by atoms with Crippen molar-refractivity contribution in [1.29, 1.82) is 0 Å². The highest BCUT2D eigenvalue weighted by molar-refractivity contribution is 5.76. The summed E-state index contributed by atoms with van der Waals surface area (Å²) in [5.74, 6) is -0.204. The van der Waals surface area contributed by atoms with Gasteiger partial charge in [-0.3, -0.25) is 4.79 Å². The summed E-state index contributed by atoms with van der Waals surface area (Å²) in [6.45, 7) is 2.78. The van der Waals surface area contributed by atoms with E-state index in [-0.39, 0.29) is 12.5 Å². The molecule has 0 saturated carbocycles. The SMILES string of the molecule is CC/C=C\C/C=C\C/C=C\C/C=C\C/C=C\C/C=C\C/C=C\CCCCCCCCCCCCCCCCCCCC(=O)NC(COC1OC(CO)C(OC2OC(CO)C(O)C(O)C2O)C(O)C1O)C(O)CCCCCCCCCCCCCCCCCCCCCC. The van der Waals surface area contributed by atoms with Gasteiger partial charge in [-0.2, -0.15) is 0 Å². The van der Waals surface area contributed by atoms with Crippen LogP contribution in [0.5, 0.6) is 0 Å². The fourth-order valence-electron chi connectivity index (χ4n) is 12.3. The lowest BCUT2D eigenvalue weighted by Crippen LogP contribution is -2.65. The summed E-state index contributed by atoms with van der Waals surface area (Å²) in [5, 5.41) is 87.7. The van der Waals surface area contributed by atoms with Gasteiger partial charge in [0.2, 0.25) is 5.91 Å². The van der Waals surface area contributed by atoms with Crippen molar-refractivity contribution in [3.05, 3.63) is 85.1 Å². The standard InChI is InChI=1S/C79H141NO13/c1-3-5-7-9-11-13-15-17-19-21-23-25-26-27-28-29-30-31-32-33-34-35-36-37-38-39-40-41-42-43-45-47-49-51-53-55-57-59-61-63-71(84)80-67(68(83)62-60-58-56-54-52-50-48-46-44-24-22-20-18-16-14-12-10-8-6-4-2)66-90-78-76(89)74(87)77(70(65-82)92-78)93-79-75(88)73(86)72(85)69(64-81)91-79/h5,7,11,13,17,19,23,25,27-28,30-31,33-34,67-70,72-79,81-83,85-89H,3-4,6,8-10,12,14-16,18,20-22,24,26,29,32,35-66H2,1-2H3,(H,80,84)/b7-5-,13-11-,19-17-,25-23-,28-27-,31-30-,34-33-. The van der Waals surface area contributed by atoms with Crippen molar-refractivity contribution in [2.75, 3.05) is 19.8 Å². The second kappa shape index (κ2) is 62.7. The minimum absolute atomic E-state index is 0.204. The van der Waals surface area contributed by atoms with Gasteiger partial charge >= 0.3 is 0 Å². The molecule has 2 aliphatic rings. The van der Waals surface area contributed by atoms with Crippen LogP contribution in [0, 0.1) is 0 Å². The van der Waals surface area contributed by atoms with Crippen LogP contribution in [0.1, 0.15) is 316 Å². The van der Waals surface area contributed by atoms with Crippen LogP contribution in [-0.4, -0.2) is 140 Å². The Kier molecular flexibility index (Phi) is 58.1. The second-order valence-corrected chi connectivity index (χ2v) is 26.8. The zero-order valence-electron chi connectivity index (χ0n) is 59.0. The molecule has 2 saturated heterocycles. The van der Waals surface area contributed by atoms with E-state index in [4.69, 9.17) is 18.9 Å². The van der Waals surface area contributed by atoms with E-state index in [9.17, 15) is 45.6 Å². The Morgan fingerprint density at radius 1 is 0.398 bits per heavy atom. The van der Waals surface area contributed by atoms with E-state index >= 15 is 0 Å². The van der Waals surface area contributed by atoms with Gasteiger partial charge in [0.1, 0.15) is 48.8 Å². The maximum absolute atomic E-state index is 13.4. The van der Waals surface area contributed by atoms with E-state index in [0.29, 0.717) is 12.8 Å². The topological polar surface area (TPSA) is 228 Å². The largest absolute Gasteiger partial charge is 0.394 e. The summed E-state index contributed by atoms with van der Waals surface area (Å²) in [4.78, 5) is 13.4. The molecule has 1 amide bonds. The summed E-state index contributed by atoms with van der Waals surface area (Å²) in [6.07, 6.45) is 70.4. The Bertz CT molecular complexity index is 1890. The Labute approximate surface area is 567 Å². The number of aliphatic hydroxyl groups excluding tert-OH is 8. The first-order valence-electron chi connectivity index (χ1n) is 38.3. The number of allylic oxidation sites excluding steroid dienone is 14. The third kappa shape index (κ3) is 46.1. The van der Waals surface area contributed by atoms with Crippen molar-refractivity contribution in [2.24, 2.45) is 0 Å². The average molecular weight is 1310 g/mol. The third-order valence-electron chi connectivity index (χ3n) is 18.4. The first-order chi connectivity index (χ1) is 45.6. The van der Waals surface area contributed by atoms with Gasteiger partial charge in [-0.25, -0.2) is 0 Å². The van der Waals surface area contributed by atoms with Gasteiger partial charge in [-0.05, 0) is 70.6 Å². The molecule has 0 aromatic heterocycles. The molecule has 540 valence electrons. The summed E-state index contributed by atoms with van der Waals surface area (Å²) in [7, 11) is 0. The number of amides is 1. The van der Waals surface area contributed by atoms with Crippen molar-refractivity contribution in [3.8, 4) is 0 Å². The molecule has 0 aromatic rings. The van der Waals surface area contributed by atoms with Crippen LogP contribution in [0.25, 0.3) is 0 Å². The smallest absolute Gasteiger partial charge is 0.220 e. The molecule has 14 nitrogen and oxygen atoms in total. The summed E-state index contributed by atoms with van der Waals surface area (Å²) in [6, 6.07) is -0.832. The number of rotatable bonds is 63. The molecular weight excluding hydrogens is 1170 g/mol. The lowest BCUT2D eigenvalue weighted by atomic mass is 9.97. The number of nitrogens with one attached hydrogen (secondary N) is 1. The zero-order chi connectivity index (χ0) is 67.3. The van der Waals surface area contributed by atoms with Gasteiger partial charge < -0.3 is 65.1 Å². The Morgan fingerprint density at radius 3 is 1.14 bits per heavy atom. The molecule has 2 aliphatic heterocycles. The molecule has 2 rings (SSSR count). The highest BCUT2D eigenvalue weighted by Crippen LogP contribution is 2.30. The average Bonchev–Trinajstić information content (AvgIpc) is 0.854. The number of hydrogen-bond acceptors (Lipinski definition) is 13. The number of unbranched alkanes of at least 4 members (excludes halogenated alkanes) is 36. The monoisotopic (exact) mass is 1310 g/mol. The highest BCUT2D eigenvalue weighted by Gasteiger charge is 2.51. The van der Waals surface area contributed by atoms with E-state index in [1.54, 1.807) is 0 Å². The summed E-state index contributed by atoms with van der Waals surface area (Å²) in [5.41, 5.74) is 0. The first kappa shape index (κ1) is 86.3. The number of carbonyl (C=O) groups excluding carboxylic acids is 1. The van der Waals surface area contributed by atoms with Crippen molar-refractivity contribution in [3.63, 3.8) is 0 Å². The molecule has 0 aromatic carbocycles. The minimum Gasteiger partial charge on any atom is -0.394 e. The maximum atomic E-state index is 13.4. The summed E-state index contributed by atoms with van der Waals surface area (Å²) < 4.78 is 22.9. The Balaban J connectivity index is 1.59. The predicted octanol–water partition coefficient (Wildman–Crippen LogP) is 16.7. The van der Waals surface area contributed by atoms with E-state index < -0.39 is 86.8 Å². The van der Waals surface area contributed by atoms with Crippen LogP contribution in [-0.2, 0) is 23.7 Å².